The Morgan fingerprint density at radius 3 is 2.50 bits per heavy atom. The van der Waals surface area contributed by atoms with Crippen LogP contribution in [0.2, 0.25) is 0 Å². The molecule has 1 unspecified atom stereocenters. The maximum absolute atomic E-state index is 5.41. The predicted molar refractivity (Wildman–Crippen MR) is 66.2 cm³/mol. The highest BCUT2D eigenvalue weighted by molar-refractivity contribution is 7.80. The molecule has 1 atom stereocenters. The van der Waals surface area contributed by atoms with Crippen molar-refractivity contribution >= 4 is 12.6 Å². The van der Waals surface area contributed by atoms with E-state index in [4.69, 9.17) is 4.74 Å². The summed E-state index contributed by atoms with van der Waals surface area (Å²) in [6.07, 6.45) is 1.26. The zero-order chi connectivity index (χ0) is 10.8. The first-order valence-corrected chi connectivity index (χ1v) is 6.28. The van der Waals surface area contributed by atoms with Crippen molar-refractivity contribution in [1.29, 1.82) is 0 Å². The average Bonchev–Trinajstić information content (AvgIpc) is 2.22. The molecule has 0 amide bonds. The Morgan fingerprint density at radius 2 is 2.00 bits per heavy atom. The van der Waals surface area contributed by atoms with Crippen molar-refractivity contribution in [3.8, 4) is 0 Å². The molecule has 0 radical (unpaired) electrons. The number of hydrogen-bond acceptors (Lipinski definition) is 3. The van der Waals surface area contributed by atoms with Crippen LogP contribution >= 0.6 is 12.6 Å². The summed E-state index contributed by atoms with van der Waals surface area (Å²) >= 11 is 4.10. The number of rotatable bonds is 9. The Hall–Kier alpha value is 0.270. The van der Waals surface area contributed by atoms with Crippen molar-refractivity contribution in [3.05, 3.63) is 0 Å². The largest absolute Gasteiger partial charge is 0.379 e. The van der Waals surface area contributed by atoms with Crippen molar-refractivity contribution in [2.45, 2.75) is 27.2 Å². The summed E-state index contributed by atoms with van der Waals surface area (Å²) in [5, 5.41) is 0. The lowest BCUT2D eigenvalue weighted by Gasteiger charge is -2.23. The zero-order valence-corrected chi connectivity index (χ0v) is 10.7. The van der Waals surface area contributed by atoms with Gasteiger partial charge in [-0.2, -0.15) is 12.6 Å². The molecule has 0 bridgehead atoms. The van der Waals surface area contributed by atoms with E-state index in [-0.39, 0.29) is 0 Å². The van der Waals surface area contributed by atoms with E-state index in [1.807, 2.05) is 0 Å². The second-order valence-corrected chi connectivity index (χ2v) is 4.19. The molecular formula is C11H25NOS. The van der Waals surface area contributed by atoms with Crippen LogP contribution in [0.25, 0.3) is 0 Å². The third kappa shape index (κ3) is 7.65. The highest BCUT2D eigenvalue weighted by Gasteiger charge is 2.06. The van der Waals surface area contributed by atoms with Crippen LogP contribution in [0.5, 0.6) is 0 Å². The number of nitrogens with zero attached hydrogens (tertiary/aromatic N) is 1. The lowest BCUT2D eigenvalue weighted by molar-refractivity contribution is 0.111. The number of likely N-dealkylation sites (N-methyl/N-ethyl adjacent to an activating group) is 1. The third-order valence-corrected chi connectivity index (χ3v) is 2.68. The molecule has 0 aliphatic rings. The van der Waals surface area contributed by atoms with Crippen LogP contribution in [0, 0.1) is 5.92 Å². The Morgan fingerprint density at radius 1 is 1.29 bits per heavy atom. The molecule has 0 aliphatic heterocycles. The summed E-state index contributed by atoms with van der Waals surface area (Å²) < 4.78 is 5.41. The first-order valence-electron chi connectivity index (χ1n) is 5.65. The van der Waals surface area contributed by atoms with Gasteiger partial charge >= 0.3 is 0 Å². The van der Waals surface area contributed by atoms with Crippen LogP contribution in [-0.4, -0.2) is 43.5 Å². The SMILES string of the molecule is CCC(C)CN(CC)CCOCCS. The van der Waals surface area contributed by atoms with Gasteiger partial charge < -0.3 is 9.64 Å². The van der Waals surface area contributed by atoms with Gasteiger partial charge in [0, 0.05) is 18.8 Å². The van der Waals surface area contributed by atoms with Crippen LogP contribution in [0.4, 0.5) is 0 Å². The molecule has 3 heteroatoms. The summed E-state index contributed by atoms with van der Waals surface area (Å²) in [5.74, 6) is 1.61. The molecule has 2 nitrogen and oxygen atoms in total. The van der Waals surface area contributed by atoms with E-state index in [9.17, 15) is 0 Å². The first kappa shape index (κ1) is 14.3. The van der Waals surface area contributed by atoms with E-state index < -0.39 is 0 Å². The Bertz CT molecular complexity index is 122. The minimum Gasteiger partial charge on any atom is -0.379 e. The zero-order valence-electron chi connectivity index (χ0n) is 9.83. The minimum absolute atomic E-state index is 0.768. The Kier molecular flexibility index (Phi) is 10.0. The van der Waals surface area contributed by atoms with Crippen molar-refractivity contribution in [1.82, 2.24) is 4.90 Å². The molecule has 0 N–H and O–H groups in total. The van der Waals surface area contributed by atoms with E-state index in [2.05, 4.69) is 38.3 Å². The standard InChI is InChI=1S/C11H25NOS/c1-4-11(3)10-12(5-2)6-7-13-8-9-14/h11,14H,4-10H2,1-3H3. The van der Waals surface area contributed by atoms with Gasteiger partial charge in [0.05, 0.1) is 13.2 Å². The van der Waals surface area contributed by atoms with Crippen molar-refractivity contribution < 1.29 is 4.74 Å². The molecule has 86 valence electrons. The maximum atomic E-state index is 5.41. The average molecular weight is 219 g/mol. The molecule has 0 heterocycles. The summed E-state index contributed by atoms with van der Waals surface area (Å²) in [5.41, 5.74) is 0. The van der Waals surface area contributed by atoms with Crippen LogP contribution in [-0.2, 0) is 4.74 Å². The van der Waals surface area contributed by atoms with Crippen LogP contribution in [0.15, 0.2) is 0 Å². The quantitative estimate of drug-likeness (QED) is 0.472. The van der Waals surface area contributed by atoms with Crippen molar-refractivity contribution in [2.75, 3.05) is 38.6 Å². The normalized spacial score (nSPS) is 13.5. The van der Waals surface area contributed by atoms with E-state index in [0.717, 1.165) is 38.0 Å². The van der Waals surface area contributed by atoms with E-state index >= 15 is 0 Å². The lowest BCUT2D eigenvalue weighted by atomic mass is 10.1. The van der Waals surface area contributed by atoms with Crippen LogP contribution in [0.1, 0.15) is 27.2 Å². The lowest BCUT2D eigenvalue weighted by Crippen LogP contribution is -2.31. The van der Waals surface area contributed by atoms with Gasteiger partial charge in [0.1, 0.15) is 0 Å². The summed E-state index contributed by atoms with van der Waals surface area (Å²) in [4.78, 5) is 2.45. The third-order valence-electron chi connectivity index (χ3n) is 2.50. The van der Waals surface area contributed by atoms with Gasteiger partial charge in [0.25, 0.3) is 0 Å². The minimum atomic E-state index is 0.768. The van der Waals surface area contributed by atoms with Gasteiger partial charge in [0.2, 0.25) is 0 Å². The molecule has 0 saturated carbocycles. The topological polar surface area (TPSA) is 12.5 Å². The van der Waals surface area contributed by atoms with Gasteiger partial charge in [0.15, 0.2) is 0 Å². The summed E-state index contributed by atoms with van der Waals surface area (Å²) in [7, 11) is 0. The number of hydrogen-bond donors (Lipinski definition) is 1. The monoisotopic (exact) mass is 219 g/mol. The highest BCUT2D eigenvalue weighted by Crippen LogP contribution is 2.03. The Balaban J connectivity index is 3.47. The van der Waals surface area contributed by atoms with Gasteiger partial charge in [-0.25, -0.2) is 0 Å². The first-order chi connectivity index (χ1) is 6.74. The van der Waals surface area contributed by atoms with Crippen LogP contribution in [0.3, 0.4) is 0 Å². The fraction of sp³-hybridized carbons (Fsp3) is 1.00. The molecule has 0 aliphatic carbocycles. The molecule has 0 rings (SSSR count). The van der Waals surface area contributed by atoms with Crippen LogP contribution < -0.4 is 0 Å². The fourth-order valence-corrected chi connectivity index (χ4v) is 1.44. The maximum Gasteiger partial charge on any atom is 0.0593 e. The van der Waals surface area contributed by atoms with E-state index in [1.54, 1.807) is 0 Å². The number of thiol groups is 1. The smallest absolute Gasteiger partial charge is 0.0593 e. The molecule has 0 aromatic carbocycles. The summed E-state index contributed by atoms with van der Waals surface area (Å²) in [6.45, 7) is 11.7. The molecule has 0 aromatic rings. The van der Waals surface area contributed by atoms with Crippen molar-refractivity contribution in [2.24, 2.45) is 5.92 Å². The summed E-state index contributed by atoms with van der Waals surface area (Å²) in [6, 6.07) is 0. The van der Waals surface area contributed by atoms with Gasteiger partial charge in [-0.1, -0.05) is 27.2 Å². The number of ether oxygens (including phenoxy) is 1. The fourth-order valence-electron chi connectivity index (χ4n) is 1.31. The molecule has 0 aromatic heterocycles. The Labute approximate surface area is 94.4 Å². The molecule has 0 spiro atoms. The second kappa shape index (κ2) is 9.81. The molecule has 0 saturated heterocycles. The molecule has 0 fully saturated rings. The van der Waals surface area contributed by atoms with E-state index in [1.165, 1.54) is 13.0 Å². The molecular weight excluding hydrogens is 194 g/mol. The molecule has 14 heavy (non-hydrogen) atoms. The highest BCUT2D eigenvalue weighted by atomic mass is 32.1. The van der Waals surface area contributed by atoms with Gasteiger partial charge in [-0.3, -0.25) is 0 Å². The van der Waals surface area contributed by atoms with E-state index in [0.29, 0.717) is 0 Å². The van der Waals surface area contributed by atoms with Crippen molar-refractivity contribution in [3.63, 3.8) is 0 Å². The second-order valence-electron chi connectivity index (χ2n) is 3.74. The van der Waals surface area contributed by atoms with Gasteiger partial charge in [-0.05, 0) is 12.5 Å². The van der Waals surface area contributed by atoms with Gasteiger partial charge in [-0.15, -0.1) is 0 Å². The predicted octanol–water partition coefficient (Wildman–Crippen LogP) is 2.30.